The minimum atomic E-state index is -1.32. The van der Waals surface area contributed by atoms with Gasteiger partial charge in [0.25, 0.3) is 0 Å². The number of aliphatic hydroxyl groups is 1. The molecule has 18 heavy (non-hydrogen) atoms. The summed E-state index contributed by atoms with van der Waals surface area (Å²) in [6.45, 7) is 9.19. The number of ether oxygens (including phenoxy) is 2. The van der Waals surface area contributed by atoms with Crippen molar-refractivity contribution in [3.05, 3.63) is 23.3 Å². The maximum Gasteiger partial charge on any atom is 0.166 e. The zero-order valence-corrected chi connectivity index (χ0v) is 13.2. The molecule has 0 aliphatic heterocycles. The van der Waals surface area contributed by atoms with Crippen LogP contribution in [0.25, 0.3) is 0 Å². The van der Waals surface area contributed by atoms with Gasteiger partial charge in [-0.1, -0.05) is 32.6 Å². The molecule has 1 aromatic rings. The van der Waals surface area contributed by atoms with Gasteiger partial charge in [-0.15, -0.1) is 0 Å². The highest BCUT2D eigenvalue weighted by molar-refractivity contribution is 6.77. The van der Waals surface area contributed by atoms with Gasteiger partial charge in [0.2, 0.25) is 0 Å². The van der Waals surface area contributed by atoms with Crippen LogP contribution in [-0.2, 0) is 6.61 Å². The Bertz CT molecular complexity index is 410. The van der Waals surface area contributed by atoms with Crippen molar-refractivity contribution in [2.45, 2.75) is 38.7 Å². The van der Waals surface area contributed by atoms with Crippen LogP contribution in [0.3, 0.4) is 0 Å². The monoisotopic (exact) mass is 268 g/mol. The van der Waals surface area contributed by atoms with Crippen molar-refractivity contribution in [2.75, 3.05) is 14.2 Å². The largest absolute Gasteiger partial charge is 0.493 e. The van der Waals surface area contributed by atoms with Crippen molar-refractivity contribution in [3.8, 4) is 11.5 Å². The molecule has 102 valence electrons. The number of rotatable bonds is 5. The molecule has 0 radical (unpaired) electrons. The predicted octanol–water partition coefficient (Wildman–Crippen LogP) is 3.18. The van der Waals surface area contributed by atoms with E-state index < -0.39 is 8.07 Å². The van der Waals surface area contributed by atoms with Gasteiger partial charge >= 0.3 is 0 Å². The lowest BCUT2D eigenvalue weighted by molar-refractivity contribution is 0.268. The Kier molecular flexibility index (Phi) is 4.82. The molecule has 0 aliphatic rings. The second-order valence-electron chi connectivity index (χ2n) is 5.61. The SMILES string of the molecule is COc1ccc(C(C)[Si](C)(C)C)c(CO)c1OC. The molecule has 1 N–H and O–H groups in total. The molecule has 1 atom stereocenters. The maximum absolute atomic E-state index is 9.64. The van der Waals surface area contributed by atoms with Gasteiger partial charge in [-0.2, -0.15) is 0 Å². The van der Waals surface area contributed by atoms with Crippen molar-refractivity contribution in [1.82, 2.24) is 0 Å². The first-order chi connectivity index (χ1) is 8.36. The van der Waals surface area contributed by atoms with Crippen LogP contribution in [0.5, 0.6) is 11.5 Å². The minimum Gasteiger partial charge on any atom is -0.493 e. The summed E-state index contributed by atoms with van der Waals surface area (Å²) in [6, 6.07) is 3.97. The quantitative estimate of drug-likeness (QED) is 0.834. The second-order valence-corrected chi connectivity index (χ2v) is 11.2. The fourth-order valence-corrected chi connectivity index (χ4v) is 3.24. The molecular weight excluding hydrogens is 244 g/mol. The third kappa shape index (κ3) is 2.87. The molecule has 0 spiro atoms. The van der Waals surface area contributed by atoms with E-state index >= 15 is 0 Å². The van der Waals surface area contributed by atoms with Gasteiger partial charge < -0.3 is 14.6 Å². The van der Waals surface area contributed by atoms with Crippen LogP contribution in [-0.4, -0.2) is 27.4 Å². The number of hydrogen-bond donors (Lipinski definition) is 1. The Balaban J connectivity index is 3.38. The summed E-state index contributed by atoms with van der Waals surface area (Å²) in [5.74, 6) is 1.33. The first-order valence-corrected chi connectivity index (χ1v) is 9.79. The lowest BCUT2D eigenvalue weighted by atomic mass is 10.0. The zero-order chi connectivity index (χ0) is 13.9. The van der Waals surface area contributed by atoms with Gasteiger partial charge in [0.05, 0.1) is 28.9 Å². The average molecular weight is 268 g/mol. The maximum atomic E-state index is 9.64. The summed E-state index contributed by atoms with van der Waals surface area (Å²) in [7, 11) is 1.90. The van der Waals surface area contributed by atoms with Crippen LogP contribution in [0, 0.1) is 0 Å². The summed E-state index contributed by atoms with van der Waals surface area (Å²) in [5, 5.41) is 9.64. The van der Waals surface area contributed by atoms with E-state index in [0.29, 0.717) is 17.0 Å². The fourth-order valence-electron chi connectivity index (χ4n) is 2.04. The third-order valence-corrected chi connectivity index (χ3v) is 6.52. The van der Waals surface area contributed by atoms with Crippen LogP contribution in [0.2, 0.25) is 19.6 Å². The molecular formula is C14H24O3Si. The average Bonchev–Trinajstić information content (AvgIpc) is 2.34. The third-order valence-electron chi connectivity index (χ3n) is 3.61. The summed E-state index contributed by atoms with van der Waals surface area (Å²) in [4.78, 5) is 0. The standard InChI is InChI=1S/C14H24O3Si/c1-10(18(4,5)6)11-7-8-13(16-2)14(17-3)12(11)9-15/h7-8,10,15H,9H2,1-6H3. The summed E-state index contributed by atoms with van der Waals surface area (Å²) >= 11 is 0. The van der Waals surface area contributed by atoms with E-state index in [1.165, 1.54) is 5.56 Å². The van der Waals surface area contributed by atoms with E-state index in [1.54, 1.807) is 14.2 Å². The van der Waals surface area contributed by atoms with Gasteiger partial charge in [-0.25, -0.2) is 0 Å². The van der Waals surface area contributed by atoms with Gasteiger partial charge in [0.15, 0.2) is 11.5 Å². The van der Waals surface area contributed by atoms with E-state index in [9.17, 15) is 5.11 Å². The molecule has 1 rings (SSSR count). The molecule has 1 aromatic carbocycles. The molecule has 3 nitrogen and oxygen atoms in total. The predicted molar refractivity (Wildman–Crippen MR) is 77.2 cm³/mol. The molecule has 0 aromatic heterocycles. The van der Waals surface area contributed by atoms with Crippen LogP contribution in [0.15, 0.2) is 12.1 Å². The Hall–Kier alpha value is -1.00. The van der Waals surface area contributed by atoms with Crippen LogP contribution in [0.1, 0.15) is 23.6 Å². The molecule has 1 unspecified atom stereocenters. The van der Waals surface area contributed by atoms with Crippen molar-refractivity contribution < 1.29 is 14.6 Å². The zero-order valence-electron chi connectivity index (χ0n) is 12.2. The highest BCUT2D eigenvalue weighted by Crippen LogP contribution is 2.38. The Labute approximate surface area is 111 Å². The molecule has 0 heterocycles. The van der Waals surface area contributed by atoms with E-state index in [1.807, 2.05) is 6.07 Å². The van der Waals surface area contributed by atoms with Gasteiger partial charge in [0, 0.05) is 5.56 Å². The number of hydrogen-bond acceptors (Lipinski definition) is 3. The van der Waals surface area contributed by atoms with Crippen molar-refractivity contribution >= 4 is 8.07 Å². The van der Waals surface area contributed by atoms with Crippen LogP contribution >= 0.6 is 0 Å². The van der Waals surface area contributed by atoms with Crippen molar-refractivity contribution in [3.63, 3.8) is 0 Å². The van der Waals surface area contributed by atoms with Crippen LogP contribution in [0.4, 0.5) is 0 Å². The number of benzene rings is 1. The van der Waals surface area contributed by atoms with E-state index in [4.69, 9.17) is 9.47 Å². The summed E-state index contributed by atoms with van der Waals surface area (Å²) in [5.41, 5.74) is 2.49. The van der Waals surface area contributed by atoms with Crippen LogP contribution < -0.4 is 9.47 Å². The molecule has 0 saturated heterocycles. The first kappa shape index (κ1) is 15.1. The van der Waals surface area contributed by atoms with Gasteiger partial charge in [-0.3, -0.25) is 0 Å². The number of aliphatic hydroxyl groups excluding tert-OH is 1. The second kappa shape index (κ2) is 5.76. The molecule has 0 aliphatic carbocycles. The molecule has 0 saturated carbocycles. The fraction of sp³-hybridized carbons (Fsp3) is 0.571. The van der Waals surface area contributed by atoms with E-state index in [0.717, 1.165) is 5.56 Å². The molecule has 0 fully saturated rings. The highest BCUT2D eigenvalue weighted by Gasteiger charge is 2.27. The molecule has 0 bridgehead atoms. The van der Waals surface area contributed by atoms with Crippen molar-refractivity contribution in [2.24, 2.45) is 0 Å². The molecule has 0 amide bonds. The molecule has 4 heteroatoms. The van der Waals surface area contributed by atoms with E-state index in [2.05, 4.69) is 32.6 Å². The minimum absolute atomic E-state index is 0.0233. The first-order valence-electron chi connectivity index (χ1n) is 6.21. The topological polar surface area (TPSA) is 38.7 Å². The lowest BCUT2D eigenvalue weighted by Gasteiger charge is -2.28. The Morgan fingerprint density at radius 2 is 1.78 bits per heavy atom. The highest BCUT2D eigenvalue weighted by atomic mass is 28.3. The summed E-state index contributed by atoms with van der Waals surface area (Å²) in [6.07, 6.45) is 0. The normalized spacial score (nSPS) is 13.3. The summed E-state index contributed by atoms with van der Waals surface area (Å²) < 4.78 is 10.7. The van der Waals surface area contributed by atoms with Crippen molar-refractivity contribution in [1.29, 1.82) is 0 Å². The smallest absolute Gasteiger partial charge is 0.166 e. The lowest BCUT2D eigenvalue weighted by Crippen LogP contribution is -2.29. The van der Waals surface area contributed by atoms with Gasteiger partial charge in [0.1, 0.15) is 0 Å². The van der Waals surface area contributed by atoms with Gasteiger partial charge in [-0.05, 0) is 17.2 Å². The number of methoxy groups -OCH3 is 2. The Morgan fingerprint density at radius 3 is 2.17 bits per heavy atom. The Morgan fingerprint density at radius 1 is 1.17 bits per heavy atom. The van der Waals surface area contributed by atoms with E-state index in [-0.39, 0.29) is 6.61 Å².